The number of nitrogens with zero attached hydrogens (tertiary/aromatic N) is 1. The second-order valence-corrected chi connectivity index (χ2v) is 7.31. The van der Waals surface area contributed by atoms with Crippen molar-refractivity contribution in [1.29, 1.82) is 0 Å². The lowest BCUT2D eigenvalue weighted by Gasteiger charge is -2.24. The maximum absolute atomic E-state index is 12.7. The number of rotatable bonds is 6. The standard InChI is InChI=1S/C25H26N2O2/c28-25(19-27-17-9-8-11-20-10-4-6-15-23(20)27)26-18-21-12-5-7-16-24(21)29-22-13-2-1-3-14-22/h1-7,10,12-16H,8-9,11,17-19H2,(H,26,28). The Morgan fingerprint density at radius 2 is 1.66 bits per heavy atom. The highest BCUT2D eigenvalue weighted by atomic mass is 16.5. The summed E-state index contributed by atoms with van der Waals surface area (Å²) in [6.45, 7) is 1.73. The van der Waals surface area contributed by atoms with Gasteiger partial charge in [0.25, 0.3) is 0 Å². The molecule has 1 N–H and O–H groups in total. The number of anilines is 1. The molecule has 0 spiro atoms. The first kappa shape index (κ1) is 19.1. The van der Waals surface area contributed by atoms with Gasteiger partial charge in [-0.1, -0.05) is 54.6 Å². The van der Waals surface area contributed by atoms with Gasteiger partial charge in [0.05, 0.1) is 6.54 Å². The molecular weight excluding hydrogens is 360 g/mol. The Morgan fingerprint density at radius 1 is 0.897 bits per heavy atom. The summed E-state index contributed by atoms with van der Waals surface area (Å²) >= 11 is 0. The van der Waals surface area contributed by atoms with Crippen molar-refractivity contribution >= 4 is 11.6 Å². The van der Waals surface area contributed by atoms with Crippen LogP contribution in [-0.4, -0.2) is 19.0 Å². The van der Waals surface area contributed by atoms with Crippen LogP contribution in [0.4, 0.5) is 5.69 Å². The molecule has 148 valence electrons. The molecule has 1 heterocycles. The molecule has 0 aromatic heterocycles. The Morgan fingerprint density at radius 3 is 2.55 bits per heavy atom. The highest BCUT2D eigenvalue weighted by Gasteiger charge is 2.17. The Hall–Kier alpha value is -3.27. The number of aryl methyl sites for hydroxylation is 1. The highest BCUT2D eigenvalue weighted by Crippen LogP contribution is 2.26. The quantitative estimate of drug-likeness (QED) is 0.653. The smallest absolute Gasteiger partial charge is 0.239 e. The fourth-order valence-corrected chi connectivity index (χ4v) is 3.72. The second-order valence-electron chi connectivity index (χ2n) is 7.31. The van der Waals surface area contributed by atoms with E-state index in [2.05, 4.69) is 28.4 Å². The molecule has 0 aliphatic carbocycles. The average molecular weight is 386 g/mol. The molecule has 3 aromatic carbocycles. The predicted molar refractivity (Wildman–Crippen MR) is 116 cm³/mol. The normalized spacial score (nSPS) is 13.3. The zero-order chi connectivity index (χ0) is 19.9. The van der Waals surface area contributed by atoms with E-state index in [1.165, 1.54) is 17.7 Å². The molecule has 0 saturated heterocycles. The van der Waals surface area contributed by atoms with Gasteiger partial charge in [-0.2, -0.15) is 0 Å². The molecule has 4 nitrogen and oxygen atoms in total. The van der Waals surface area contributed by atoms with E-state index in [0.717, 1.165) is 36.4 Å². The summed E-state index contributed by atoms with van der Waals surface area (Å²) in [4.78, 5) is 14.9. The lowest BCUT2D eigenvalue weighted by Crippen LogP contribution is -2.37. The number of hydrogen-bond donors (Lipinski definition) is 1. The van der Waals surface area contributed by atoms with E-state index in [-0.39, 0.29) is 5.91 Å². The van der Waals surface area contributed by atoms with Crippen LogP contribution in [0.25, 0.3) is 0 Å². The van der Waals surface area contributed by atoms with Gasteiger partial charge in [0.2, 0.25) is 5.91 Å². The number of carbonyl (C=O) groups excluding carboxylic acids is 1. The van der Waals surface area contributed by atoms with Crippen LogP contribution < -0.4 is 15.0 Å². The zero-order valence-corrected chi connectivity index (χ0v) is 16.5. The molecule has 29 heavy (non-hydrogen) atoms. The molecule has 0 bridgehead atoms. The van der Waals surface area contributed by atoms with Gasteiger partial charge in [-0.25, -0.2) is 0 Å². The molecule has 0 atom stereocenters. The molecule has 0 saturated carbocycles. The van der Waals surface area contributed by atoms with Crippen molar-refractivity contribution < 1.29 is 9.53 Å². The Bertz CT molecular complexity index is 956. The van der Waals surface area contributed by atoms with Gasteiger partial charge in [-0.05, 0) is 49.1 Å². The number of amides is 1. The fraction of sp³-hybridized carbons (Fsp3) is 0.240. The molecule has 1 aliphatic rings. The van der Waals surface area contributed by atoms with Gasteiger partial charge >= 0.3 is 0 Å². The maximum Gasteiger partial charge on any atom is 0.239 e. The van der Waals surface area contributed by atoms with E-state index in [4.69, 9.17) is 4.74 Å². The van der Waals surface area contributed by atoms with Crippen LogP contribution in [0.1, 0.15) is 24.0 Å². The van der Waals surface area contributed by atoms with Gasteiger partial charge < -0.3 is 15.0 Å². The van der Waals surface area contributed by atoms with Crippen molar-refractivity contribution in [1.82, 2.24) is 5.32 Å². The molecule has 4 rings (SSSR count). The van der Waals surface area contributed by atoms with E-state index in [0.29, 0.717) is 13.1 Å². The van der Waals surface area contributed by atoms with Gasteiger partial charge in [0, 0.05) is 24.3 Å². The third-order valence-electron chi connectivity index (χ3n) is 5.21. The number of carbonyl (C=O) groups is 1. The molecule has 0 fully saturated rings. The van der Waals surface area contributed by atoms with Crippen molar-refractivity contribution in [3.05, 3.63) is 90.0 Å². The molecular formula is C25H26N2O2. The van der Waals surface area contributed by atoms with Crippen molar-refractivity contribution in [3.8, 4) is 11.5 Å². The van der Waals surface area contributed by atoms with Crippen LogP contribution >= 0.6 is 0 Å². The maximum atomic E-state index is 12.7. The second kappa shape index (κ2) is 9.28. The number of benzene rings is 3. The highest BCUT2D eigenvalue weighted by molar-refractivity contribution is 5.81. The lowest BCUT2D eigenvalue weighted by molar-refractivity contribution is -0.119. The minimum Gasteiger partial charge on any atom is -0.457 e. The van der Waals surface area contributed by atoms with E-state index in [9.17, 15) is 4.79 Å². The Labute approximate surface area is 172 Å². The minimum atomic E-state index is 0.0243. The number of nitrogens with one attached hydrogen (secondary N) is 1. The predicted octanol–water partition coefficient (Wildman–Crippen LogP) is 4.94. The van der Waals surface area contributed by atoms with Crippen LogP contribution in [-0.2, 0) is 17.8 Å². The topological polar surface area (TPSA) is 41.6 Å². The third kappa shape index (κ3) is 4.96. The van der Waals surface area contributed by atoms with E-state index < -0.39 is 0 Å². The first-order valence-corrected chi connectivity index (χ1v) is 10.2. The van der Waals surface area contributed by atoms with Gasteiger partial charge in [-0.3, -0.25) is 4.79 Å². The van der Waals surface area contributed by atoms with E-state index in [1.807, 2.05) is 60.7 Å². The summed E-state index contributed by atoms with van der Waals surface area (Å²) in [5, 5.41) is 3.06. The number of para-hydroxylation sites is 3. The molecule has 1 aliphatic heterocycles. The first-order chi connectivity index (χ1) is 14.3. The van der Waals surface area contributed by atoms with Crippen molar-refractivity contribution in [2.24, 2.45) is 0 Å². The number of ether oxygens (including phenoxy) is 1. The number of hydrogen-bond acceptors (Lipinski definition) is 3. The van der Waals surface area contributed by atoms with E-state index >= 15 is 0 Å². The third-order valence-corrected chi connectivity index (χ3v) is 5.21. The van der Waals surface area contributed by atoms with E-state index in [1.54, 1.807) is 0 Å². The van der Waals surface area contributed by atoms with Gasteiger partial charge in [-0.15, -0.1) is 0 Å². The van der Waals surface area contributed by atoms with Crippen molar-refractivity contribution in [2.75, 3.05) is 18.0 Å². The van der Waals surface area contributed by atoms with Crippen LogP contribution in [0.2, 0.25) is 0 Å². The van der Waals surface area contributed by atoms with Gasteiger partial charge in [0.1, 0.15) is 11.5 Å². The molecule has 3 aromatic rings. The SMILES string of the molecule is O=C(CN1CCCCc2ccccc21)NCc1ccccc1Oc1ccccc1. The van der Waals surface area contributed by atoms with Crippen molar-refractivity contribution in [3.63, 3.8) is 0 Å². The summed E-state index contributed by atoms with van der Waals surface area (Å²) in [7, 11) is 0. The lowest BCUT2D eigenvalue weighted by atomic mass is 10.1. The number of fused-ring (bicyclic) bond motifs is 1. The van der Waals surface area contributed by atoms with Crippen molar-refractivity contribution in [2.45, 2.75) is 25.8 Å². The first-order valence-electron chi connectivity index (χ1n) is 10.2. The summed E-state index contributed by atoms with van der Waals surface area (Å²) < 4.78 is 5.99. The average Bonchev–Trinajstić information content (AvgIpc) is 2.96. The molecule has 0 radical (unpaired) electrons. The van der Waals surface area contributed by atoms with Crippen LogP contribution in [0.15, 0.2) is 78.9 Å². The summed E-state index contributed by atoms with van der Waals surface area (Å²) in [5.41, 5.74) is 3.48. The van der Waals surface area contributed by atoms with Gasteiger partial charge in [0.15, 0.2) is 0 Å². The summed E-state index contributed by atoms with van der Waals surface area (Å²) in [5.74, 6) is 1.57. The van der Waals surface area contributed by atoms with Crippen LogP contribution in [0, 0.1) is 0 Å². The summed E-state index contributed by atoms with van der Waals surface area (Å²) in [6.07, 6.45) is 3.35. The molecule has 0 unspecified atom stereocenters. The summed E-state index contributed by atoms with van der Waals surface area (Å²) in [6, 6.07) is 25.9. The molecule has 1 amide bonds. The zero-order valence-electron chi connectivity index (χ0n) is 16.5. The van der Waals surface area contributed by atoms with Crippen LogP contribution in [0.3, 0.4) is 0 Å². The Kier molecular flexibility index (Phi) is 6.10. The minimum absolute atomic E-state index is 0.0243. The molecule has 4 heteroatoms. The monoisotopic (exact) mass is 386 g/mol. The fourth-order valence-electron chi connectivity index (χ4n) is 3.72. The Balaban J connectivity index is 1.39. The largest absolute Gasteiger partial charge is 0.457 e. The van der Waals surface area contributed by atoms with Crippen LogP contribution in [0.5, 0.6) is 11.5 Å².